The van der Waals surface area contributed by atoms with Crippen LogP contribution in [0.5, 0.6) is 11.5 Å². The van der Waals surface area contributed by atoms with Crippen molar-refractivity contribution in [3.63, 3.8) is 0 Å². The molecule has 180 valence electrons. The van der Waals surface area contributed by atoms with Crippen molar-refractivity contribution < 1.29 is 14.9 Å². The van der Waals surface area contributed by atoms with E-state index in [0.717, 1.165) is 65.3 Å². The number of nitrogens with two attached hydrogens (primary N) is 1. The van der Waals surface area contributed by atoms with Crippen molar-refractivity contribution in [1.82, 2.24) is 9.88 Å². The number of rotatable bonds is 3. The van der Waals surface area contributed by atoms with Crippen molar-refractivity contribution in [3.8, 4) is 11.5 Å². The van der Waals surface area contributed by atoms with Gasteiger partial charge in [-0.3, -0.25) is 4.90 Å². The molecule has 0 unspecified atom stereocenters. The van der Waals surface area contributed by atoms with Gasteiger partial charge in [0.1, 0.15) is 0 Å². The van der Waals surface area contributed by atoms with E-state index >= 15 is 0 Å². The standard InChI is InChI=1S/C27H28N4O3S/c28-25(35)29-15-4-5-18-16(10-15)17-11-27(33)20-9-14-3-6-19(32)23-21(14)26(27,24(34-23)22(17)30-18)7-8-31(20)12-13-1-2-13/h3-6,10,13,20,24,30,32-33H,1-2,7-9,11-12H2,(H3,28,29,35)/t20-,24-,26-,27+/m0/s1. The lowest BCUT2D eigenvalue weighted by Gasteiger charge is -2.62. The summed E-state index contributed by atoms with van der Waals surface area (Å²) in [4.78, 5) is 6.18. The fraction of sp³-hybridized carbons (Fsp3) is 0.444. The molecule has 8 rings (SSSR count). The number of thiocarbonyl (C=S) groups is 1. The van der Waals surface area contributed by atoms with Crippen LogP contribution in [0.15, 0.2) is 30.3 Å². The monoisotopic (exact) mass is 488 g/mol. The van der Waals surface area contributed by atoms with Gasteiger partial charge in [-0.2, -0.15) is 0 Å². The van der Waals surface area contributed by atoms with Crippen LogP contribution in [0, 0.1) is 5.92 Å². The SMILES string of the molecule is NC(=S)Nc1ccc2[nH]c3c(c2c1)C[C@@]1(O)[C@@H]2Cc4ccc(O)c5c4[C@@]1(CCN2CC1CC1)[C@H]3O5. The number of piperidine rings is 1. The van der Waals surface area contributed by atoms with Gasteiger partial charge in [0.15, 0.2) is 22.7 Å². The maximum atomic E-state index is 12.9. The van der Waals surface area contributed by atoms with Gasteiger partial charge in [0, 0.05) is 41.2 Å². The summed E-state index contributed by atoms with van der Waals surface area (Å²) in [5, 5.41) is 28.0. The molecule has 3 aliphatic carbocycles. The van der Waals surface area contributed by atoms with Gasteiger partial charge in [0.25, 0.3) is 0 Å². The Morgan fingerprint density at radius 1 is 1.29 bits per heavy atom. The highest BCUT2D eigenvalue weighted by atomic mass is 32.1. The molecule has 0 radical (unpaired) electrons. The molecule has 6 N–H and O–H groups in total. The topological polar surface area (TPSA) is 107 Å². The molecule has 1 saturated heterocycles. The van der Waals surface area contributed by atoms with Crippen LogP contribution in [-0.4, -0.2) is 49.9 Å². The Kier molecular flexibility index (Phi) is 3.78. The second-order valence-electron chi connectivity index (χ2n) is 11.2. The van der Waals surface area contributed by atoms with E-state index in [0.29, 0.717) is 12.2 Å². The van der Waals surface area contributed by atoms with Crippen LogP contribution < -0.4 is 15.8 Å². The third-order valence-electron chi connectivity index (χ3n) is 9.43. The van der Waals surface area contributed by atoms with Gasteiger partial charge >= 0.3 is 0 Å². The largest absolute Gasteiger partial charge is 0.504 e. The summed E-state index contributed by atoms with van der Waals surface area (Å²) < 4.78 is 6.64. The van der Waals surface area contributed by atoms with Gasteiger partial charge in [-0.05, 0) is 85.8 Å². The molecule has 35 heavy (non-hydrogen) atoms. The quantitative estimate of drug-likeness (QED) is 0.361. The Morgan fingerprint density at radius 2 is 2.14 bits per heavy atom. The number of benzene rings is 2. The number of H-pyrrole nitrogens is 1. The first-order chi connectivity index (χ1) is 16.9. The van der Waals surface area contributed by atoms with Crippen LogP contribution in [0.2, 0.25) is 0 Å². The number of anilines is 1. The number of aliphatic hydroxyl groups is 1. The maximum Gasteiger partial charge on any atom is 0.168 e. The molecule has 1 aromatic heterocycles. The maximum absolute atomic E-state index is 12.9. The molecule has 2 aliphatic heterocycles. The third kappa shape index (κ3) is 2.45. The van der Waals surface area contributed by atoms with Crippen molar-refractivity contribution in [1.29, 1.82) is 0 Å². The average molecular weight is 489 g/mol. The second-order valence-corrected chi connectivity index (χ2v) is 11.6. The van der Waals surface area contributed by atoms with Gasteiger partial charge in [-0.1, -0.05) is 6.07 Å². The van der Waals surface area contributed by atoms with E-state index < -0.39 is 11.0 Å². The summed E-state index contributed by atoms with van der Waals surface area (Å²) in [6.45, 7) is 1.99. The molecule has 3 aromatic rings. The number of nitrogens with zero attached hydrogens (tertiary/aromatic N) is 1. The molecule has 1 spiro atoms. The van der Waals surface area contributed by atoms with Gasteiger partial charge in [-0.25, -0.2) is 0 Å². The van der Waals surface area contributed by atoms with Gasteiger partial charge in [0.2, 0.25) is 0 Å². The van der Waals surface area contributed by atoms with Crippen molar-refractivity contribution in [3.05, 3.63) is 52.7 Å². The van der Waals surface area contributed by atoms with Crippen LogP contribution in [-0.2, 0) is 18.3 Å². The molecule has 2 aromatic carbocycles. The lowest BCUT2D eigenvalue weighted by Crippen LogP contribution is -2.74. The zero-order valence-electron chi connectivity index (χ0n) is 19.3. The van der Waals surface area contributed by atoms with Gasteiger partial charge in [0.05, 0.1) is 16.7 Å². The number of hydrogen-bond acceptors (Lipinski definition) is 5. The van der Waals surface area contributed by atoms with Crippen LogP contribution >= 0.6 is 12.2 Å². The molecule has 0 amide bonds. The summed E-state index contributed by atoms with van der Waals surface area (Å²) in [5.41, 5.74) is 10.3. The normalized spacial score (nSPS) is 32.1. The minimum atomic E-state index is -0.994. The number of phenols is 1. The number of aromatic amines is 1. The Morgan fingerprint density at radius 3 is 2.94 bits per heavy atom. The Bertz CT molecular complexity index is 1450. The number of phenolic OH excluding ortho intramolecular Hbond substituents is 1. The van der Waals surface area contributed by atoms with Crippen molar-refractivity contribution in [2.75, 3.05) is 18.4 Å². The zero-order chi connectivity index (χ0) is 23.7. The van der Waals surface area contributed by atoms with Crippen molar-refractivity contribution in [2.24, 2.45) is 11.7 Å². The van der Waals surface area contributed by atoms with E-state index in [9.17, 15) is 10.2 Å². The van der Waals surface area contributed by atoms with Crippen molar-refractivity contribution in [2.45, 2.75) is 55.3 Å². The molecular formula is C27H28N4O3S. The molecule has 3 heterocycles. The number of aromatic nitrogens is 1. The van der Waals surface area contributed by atoms with Gasteiger partial charge in [-0.15, -0.1) is 0 Å². The number of hydrogen-bond donors (Lipinski definition) is 5. The average Bonchev–Trinajstić information content (AvgIpc) is 3.46. The van der Waals surface area contributed by atoms with Crippen LogP contribution in [0.1, 0.15) is 47.8 Å². The molecule has 8 heteroatoms. The smallest absolute Gasteiger partial charge is 0.168 e. The molecule has 5 aliphatic rings. The van der Waals surface area contributed by atoms with E-state index in [1.54, 1.807) is 6.07 Å². The first-order valence-electron chi connectivity index (χ1n) is 12.6. The van der Waals surface area contributed by atoms with E-state index in [1.807, 2.05) is 18.2 Å². The summed E-state index contributed by atoms with van der Waals surface area (Å²) in [6, 6.07) is 9.85. The van der Waals surface area contributed by atoms with E-state index in [-0.39, 0.29) is 23.0 Å². The fourth-order valence-corrected chi connectivity index (χ4v) is 7.96. The first kappa shape index (κ1) is 20.4. The van der Waals surface area contributed by atoms with E-state index in [4.69, 9.17) is 22.7 Å². The summed E-state index contributed by atoms with van der Waals surface area (Å²) in [6.07, 6.45) is 4.33. The van der Waals surface area contributed by atoms with E-state index in [2.05, 4.69) is 21.3 Å². The minimum Gasteiger partial charge on any atom is -0.504 e. The molecule has 4 atom stereocenters. The summed E-state index contributed by atoms with van der Waals surface area (Å²) in [5.74, 6) is 1.47. The summed E-state index contributed by atoms with van der Waals surface area (Å²) in [7, 11) is 0. The zero-order valence-corrected chi connectivity index (χ0v) is 20.1. The van der Waals surface area contributed by atoms with E-state index in [1.165, 1.54) is 18.4 Å². The Hall–Kier alpha value is -2.81. The van der Waals surface area contributed by atoms with Crippen LogP contribution in [0.4, 0.5) is 5.69 Å². The predicted octanol–water partition coefficient (Wildman–Crippen LogP) is 3.23. The van der Waals surface area contributed by atoms with Crippen molar-refractivity contribution >= 4 is 33.9 Å². The first-order valence-corrected chi connectivity index (χ1v) is 13.0. The highest BCUT2D eigenvalue weighted by Crippen LogP contribution is 2.69. The Labute approximate surface area is 208 Å². The predicted molar refractivity (Wildman–Crippen MR) is 137 cm³/mol. The molecule has 7 nitrogen and oxygen atoms in total. The molecule has 2 fully saturated rings. The number of fused-ring (bicyclic) bond motifs is 4. The highest BCUT2D eigenvalue weighted by molar-refractivity contribution is 7.80. The second kappa shape index (κ2) is 6.49. The lowest BCUT2D eigenvalue weighted by atomic mass is 9.49. The lowest BCUT2D eigenvalue weighted by molar-refractivity contribution is -0.173. The number of ether oxygens (including phenoxy) is 1. The summed E-state index contributed by atoms with van der Waals surface area (Å²) >= 11 is 5.05. The number of nitrogens with one attached hydrogen (secondary N) is 2. The highest BCUT2D eigenvalue weighted by Gasteiger charge is 2.72. The molecule has 2 bridgehead atoms. The molecular weight excluding hydrogens is 460 g/mol. The van der Waals surface area contributed by atoms with Crippen LogP contribution in [0.3, 0.4) is 0 Å². The van der Waals surface area contributed by atoms with Gasteiger partial charge < -0.3 is 31.0 Å². The Balaban J connectivity index is 1.37. The fourth-order valence-electron chi connectivity index (χ4n) is 7.84. The number of likely N-dealkylation sites (tertiary alicyclic amines) is 1. The molecule has 1 saturated carbocycles. The minimum absolute atomic E-state index is 0.0157. The third-order valence-corrected chi connectivity index (χ3v) is 9.53. The number of aromatic hydroxyl groups is 1. The van der Waals surface area contributed by atoms with Crippen LogP contribution in [0.25, 0.3) is 10.9 Å².